The van der Waals surface area contributed by atoms with Crippen LogP contribution in [0.15, 0.2) is 15.7 Å². The second-order valence-electron chi connectivity index (χ2n) is 4.34. The molecule has 0 spiro atoms. The monoisotopic (exact) mass is 238 g/mol. The SMILES string of the molecule is Cc1cc2c(=O)n(CC(C)C)c(=O)[nH]c2s1. The van der Waals surface area contributed by atoms with Crippen molar-refractivity contribution in [3.63, 3.8) is 0 Å². The maximum absolute atomic E-state index is 12.0. The number of nitrogens with one attached hydrogen (secondary N) is 1. The van der Waals surface area contributed by atoms with Gasteiger partial charge in [-0.1, -0.05) is 13.8 Å². The van der Waals surface area contributed by atoms with Gasteiger partial charge in [0.25, 0.3) is 5.56 Å². The number of fused-ring (bicyclic) bond motifs is 1. The minimum Gasteiger partial charge on any atom is -0.298 e. The molecule has 2 aromatic heterocycles. The van der Waals surface area contributed by atoms with E-state index in [1.807, 2.05) is 26.8 Å². The van der Waals surface area contributed by atoms with Gasteiger partial charge in [0.05, 0.1) is 5.39 Å². The molecule has 5 heteroatoms. The number of nitrogens with zero attached hydrogens (tertiary/aromatic N) is 1. The summed E-state index contributed by atoms with van der Waals surface area (Å²) in [6.45, 7) is 6.35. The lowest BCUT2D eigenvalue weighted by Gasteiger charge is -2.06. The molecule has 86 valence electrons. The molecule has 2 heterocycles. The molecule has 0 aliphatic rings. The molecule has 0 atom stereocenters. The lowest BCUT2D eigenvalue weighted by atomic mass is 10.2. The Morgan fingerprint density at radius 1 is 1.44 bits per heavy atom. The van der Waals surface area contributed by atoms with Crippen LogP contribution < -0.4 is 11.2 Å². The topological polar surface area (TPSA) is 54.9 Å². The van der Waals surface area contributed by atoms with E-state index in [0.717, 1.165) is 4.88 Å². The van der Waals surface area contributed by atoms with E-state index in [4.69, 9.17) is 0 Å². The molecule has 0 radical (unpaired) electrons. The normalized spacial score (nSPS) is 11.5. The Bertz CT molecular complexity index is 633. The summed E-state index contributed by atoms with van der Waals surface area (Å²) in [7, 11) is 0. The van der Waals surface area contributed by atoms with Gasteiger partial charge in [0.1, 0.15) is 4.83 Å². The average Bonchev–Trinajstić information content (AvgIpc) is 2.53. The molecule has 0 amide bonds. The first-order chi connectivity index (χ1) is 7.49. The Hall–Kier alpha value is -1.36. The second kappa shape index (κ2) is 3.90. The third-order valence-electron chi connectivity index (χ3n) is 2.34. The molecule has 0 saturated heterocycles. The molecule has 0 aliphatic heterocycles. The van der Waals surface area contributed by atoms with Crippen molar-refractivity contribution in [2.24, 2.45) is 5.92 Å². The van der Waals surface area contributed by atoms with Crippen molar-refractivity contribution < 1.29 is 0 Å². The first-order valence-electron chi connectivity index (χ1n) is 5.22. The van der Waals surface area contributed by atoms with Crippen LogP contribution in [0.25, 0.3) is 10.2 Å². The molecule has 16 heavy (non-hydrogen) atoms. The van der Waals surface area contributed by atoms with E-state index in [0.29, 0.717) is 16.8 Å². The zero-order chi connectivity index (χ0) is 11.9. The Labute approximate surface area is 96.6 Å². The number of hydrogen-bond donors (Lipinski definition) is 1. The van der Waals surface area contributed by atoms with Gasteiger partial charge in [-0.15, -0.1) is 11.3 Å². The van der Waals surface area contributed by atoms with Crippen molar-refractivity contribution in [3.05, 3.63) is 31.8 Å². The lowest BCUT2D eigenvalue weighted by Crippen LogP contribution is -2.35. The highest BCUT2D eigenvalue weighted by Crippen LogP contribution is 2.18. The van der Waals surface area contributed by atoms with Gasteiger partial charge in [0.2, 0.25) is 0 Å². The standard InChI is InChI=1S/C11H14N2O2S/c1-6(2)5-13-10(14)8-4-7(3)16-9(8)12-11(13)15/h4,6H,5H2,1-3H3,(H,12,15). The summed E-state index contributed by atoms with van der Waals surface area (Å²) in [4.78, 5) is 28.2. The fourth-order valence-electron chi connectivity index (χ4n) is 1.70. The van der Waals surface area contributed by atoms with Gasteiger partial charge in [-0.3, -0.25) is 14.3 Å². The second-order valence-corrected chi connectivity index (χ2v) is 5.60. The Morgan fingerprint density at radius 2 is 2.12 bits per heavy atom. The van der Waals surface area contributed by atoms with Gasteiger partial charge in [-0.05, 0) is 18.9 Å². The average molecular weight is 238 g/mol. The zero-order valence-corrected chi connectivity index (χ0v) is 10.4. The predicted molar refractivity (Wildman–Crippen MR) is 66.3 cm³/mol. The van der Waals surface area contributed by atoms with Gasteiger partial charge < -0.3 is 0 Å². The highest BCUT2D eigenvalue weighted by molar-refractivity contribution is 7.18. The van der Waals surface area contributed by atoms with Crippen LogP contribution in [0.2, 0.25) is 0 Å². The maximum Gasteiger partial charge on any atom is 0.329 e. The molecule has 2 aromatic rings. The van der Waals surface area contributed by atoms with Crippen LogP contribution >= 0.6 is 11.3 Å². The Balaban J connectivity index is 2.75. The summed E-state index contributed by atoms with van der Waals surface area (Å²) in [5.41, 5.74) is -0.496. The number of thiophene rings is 1. The van der Waals surface area contributed by atoms with E-state index < -0.39 is 0 Å². The zero-order valence-electron chi connectivity index (χ0n) is 9.53. The van der Waals surface area contributed by atoms with Crippen LogP contribution in [0.4, 0.5) is 0 Å². The summed E-state index contributed by atoms with van der Waals surface area (Å²) in [6.07, 6.45) is 0. The molecule has 0 unspecified atom stereocenters. The van der Waals surface area contributed by atoms with E-state index in [-0.39, 0.29) is 17.2 Å². The quantitative estimate of drug-likeness (QED) is 0.866. The molecule has 0 bridgehead atoms. The number of hydrogen-bond acceptors (Lipinski definition) is 3. The van der Waals surface area contributed by atoms with Crippen molar-refractivity contribution in [2.75, 3.05) is 0 Å². The van der Waals surface area contributed by atoms with E-state index >= 15 is 0 Å². The highest BCUT2D eigenvalue weighted by atomic mass is 32.1. The van der Waals surface area contributed by atoms with Crippen molar-refractivity contribution in [2.45, 2.75) is 27.3 Å². The molecule has 2 rings (SSSR count). The molecule has 0 saturated carbocycles. The summed E-state index contributed by atoms with van der Waals surface area (Å²) in [6, 6.07) is 1.83. The molecule has 0 fully saturated rings. The first-order valence-corrected chi connectivity index (χ1v) is 6.04. The minimum atomic E-state index is -0.312. The van der Waals surface area contributed by atoms with E-state index in [9.17, 15) is 9.59 Å². The summed E-state index contributed by atoms with van der Waals surface area (Å²) in [5.74, 6) is 0.274. The number of aromatic nitrogens is 2. The van der Waals surface area contributed by atoms with Gasteiger partial charge >= 0.3 is 5.69 Å². The van der Waals surface area contributed by atoms with Crippen LogP contribution in [0.5, 0.6) is 0 Å². The van der Waals surface area contributed by atoms with Crippen LogP contribution in [-0.4, -0.2) is 9.55 Å². The third-order valence-corrected chi connectivity index (χ3v) is 3.31. The number of rotatable bonds is 2. The first kappa shape index (κ1) is 11.1. The van der Waals surface area contributed by atoms with Crippen molar-refractivity contribution in [1.29, 1.82) is 0 Å². The van der Waals surface area contributed by atoms with Crippen molar-refractivity contribution in [1.82, 2.24) is 9.55 Å². The molecular weight excluding hydrogens is 224 g/mol. The molecule has 0 aromatic carbocycles. The molecule has 4 nitrogen and oxygen atoms in total. The van der Waals surface area contributed by atoms with Crippen LogP contribution in [0.1, 0.15) is 18.7 Å². The van der Waals surface area contributed by atoms with Gasteiger partial charge in [0, 0.05) is 11.4 Å². The lowest BCUT2D eigenvalue weighted by molar-refractivity contribution is 0.496. The van der Waals surface area contributed by atoms with Gasteiger partial charge in [-0.2, -0.15) is 0 Å². The number of aromatic amines is 1. The molecule has 0 aliphatic carbocycles. The van der Waals surface area contributed by atoms with Crippen molar-refractivity contribution in [3.8, 4) is 0 Å². The minimum absolute atomic E-state index is 0.184. The Kier molecular flexibility index (Phi) is 2.71. The fourth-order valence-corrected chi connectivity index (χ4v) is 2.59. The van der Waals surface area contributed by atoms with Crippen LogP contribution in [-0.2, 0) is 6.54 Å². The van der Waals surface area contributed by atoms with Crippen molar-refractivity contribution >= 4 is 21.6 Å². The largest absolute Gasteiger partial charge is 0.329 e. The maximum atomic E-state index is 12.0. The van der Waals surface area contributed by atoms with Gasteiger partial charge in [0.15, 0.2) is 0 Å². The Morgan fingerprint density at radius 3 is 2.75 bits per heavy atom. The summed E-state index contributed by atoms with van der Waals surface area (Å²) >= 11 is 1.44. The summed E-state index contributed by atoms with van der Waals surface area (Å²) < 4.78 is 1.28. The van der Waals surface area contributed by atoms with E-state index in [1.165, 1.54) is 15.9 Å². The summed E-state index contributed by atoms with van der Waals surface area (Å²) in [5, 5.41) is 0.614. The van der Waals surface area contributed by atoms with E-state index in [2.05, 4.69) is 4.98 Å². The molecule has 1 N–H and O–H groups in total. The fraction of sp³-hybridized carbons (Fsp3) is 0.455. The van der Waals surface area contributed by atoms with E-state index in [1.54, 1.807) is 0 Å². The smallest absolute Gasteiger partial charge is 0.298 e. The number of H-pyrrole nitrogens is 1. The molecular formula is C11H14N2O2S. The van der Waals surface area contributed by atoms with Gasteiger partial charge in [-0.25, -0.2) is 4.79 Å². The van der Waals surface area contributed by atoms with Crippen LogP contribution in [0, 0.1) is 12.8 Å². The predicted octanol–water partition coefficient (Wildman–Crippen LogP) is 1.72. The number of aryl methyl sites for hydroxylation is 1. The third kappa shape index (κ3) is 1.82. The highest BCUT2D eigenvalue weighted by Gasteiger charge is 2.10. The van der Waals surface area contributed by atoms with Crippen LogP contribution in [0.3, 0.4) is 0 Å².